The molecule has 142 valence electrons. The summed E-state index contributed by atoms with van der Waals surface area (Å²) in [5.74, 6) is -0.869. The fourth-order valence-corrected chi connectivity index (χ4v) is 3.21. The van der Waals surface area contributed by atoms with E-state index in [4.69, 9.17) is 5.73 Å². The number of hydrogen-bond acceptors (Lipinski definition) is 4. The Labute approximate surface area is 154 Å². The average Bonchev–Trinajstić information content (AvgIpc) is 2.61. The maximum absolute atomic E-state index is 12.4. The highest BCUT2D eigenvalue weighted by atomic mass is 16.2. The van der Waals surface area contributed by atoms with Crippen molar-refractivity contribution < 1.29 is 14.4 Å². The third-order valence-electron chi connectivity index (χ3n) is 4.67. The predicted octanol–water partition coefficient (Wildman–Crippen LogP) is 0.843. The molecule has 7 nitrogen and oxygen atoms in total. The van der Waals surface area contributed by atoms with Crippen molar-refractivity contribution in [2.45, 2.75) is 26.2 Å². The van der Waals surface area contributed by atoms with Gasteiger partial charge in [-0.05, 0) is 37.9 Å². The van der Waals surface area contributed by atoms with E-state index >= 15 is 0 Å². The summed E-state index contributed by atoms with van der Waals surface area (Å²) in [5, 5.41) is 2.90. The lowest BCUT2D eigenvalue weighted by Crippen LogP contribution is -2.47. The third kappa shape index (κ3) is 5.56. The number of hydrogen-bond donors (Lipinski definition) is 2. The van der Waals surface area contributed by atoms with Crippen LogP contribution >= 0.6 is 0 Å². The molecule has 1 unspecified atom stereocenters. The normalized spacial score (nSPS) is 17.2. The van der Waals surface area contributed by atoms with Crippen LogP contribution in [-0.2, 0) is 20.8 Å². The summed E-state index contributed by atoms with van der Waals surface area (Å²) < 4.78 is 0. The molecule has 1 aromatic carbocycles. The number of amides is 3. The van der Waals surface area contributed by atoms with E-state index < -0.39 is 0 Å². The lowest BCUT2D eigenvalue weighted by molar-refractivity contribution is -0.135. The molecular weight excluding hydrogens is 332 g/mol. The van der Waals surface area contributed by atoms with Crippen LogP contribution in [0.3, 0.4) is 0 Å². The van der Waals surface area contributed by atoms with Crippen molar-refractivity contribution in [3.63, 3.8) is 0 Å². The topological polar surface area (TPSA) is 95.7 Å². The summed E-state index contributed by atoms with van der Waals surface area (Å²) in [4.78, 5) is 39.4. The van der Waals surface area contributed by atoms with Crippen LogP contribution in [0.25, 0.3) is 0 Å². The average molecular weight is 360 g/mol. The van der Waals surface area contributed by atoms with Crippen LogP contribution in [-0.4, -0.2) is 60.7 Å². The lowest BCUT2D eigenvalue weighted by atomic mass is 9.97. The largest absolute Gasteiger partial charge is 0.369 e. The molecule has 0 radical (unpaired) electrons. The van der Waals surface area contributed by atoms with Crippen LogP contribution in [0.1, 0.15) is 25.3 Å². The number of piperidine rings is 1. The van der Waals surface area contributed by atoms with Gasteiger partial charge < -0.3 is 16.0 Å². The number of rotatable bonds is 7. The summed E-state index contributed by atoms with van der Waals surface area (Å²) in [6.45, 7) is 3.30. The number of likely N-dealkylation sites (tertiary alicyclic amines) is 1. The van der Waals surface area contributed by atoms with Gasteiger partial charge in [-0.1, -0.05) is 25.1 Å². The van der Waals surface area contributed by atoms with E-state index in [1.165, 1.54) is 0 Å². The van der Waals surface area contributed by atoms with E-state index in [1.54, 1.807) is 16.8 Å². The second-order valence-corrected chi connectivity index (χ2v) is 6.81. The van der Waals surface area contributed by atoms with Gasteiger partial charge in [0.05, 0.1) is 19.0 Å². The van der Waals surface area contributed by atoms with Crippen molar-refractivity contribution in [2.24, 2.45) is 11.7 Å². The predicted molar refractivity (Wildman–Crippen MR) is 100 cm³/mol. The standard InChI is InChI=1S/C19H28N4O3/c1-3-14-7-4-5-9-16(14)21-17(24)12-22(2)13-18(25)23-10-6-8-15(11-23)19(20)26/h4-5,7,9,15H,3,6,8,10-13H2,1-2H3,(H2,20,26)(H,21,24). The summed E-state index contributed by atoms with van der Waals surface area (Å²) in [5.41, 5.74) is 7.23. The quantitative estimate of drug-likeness (QED) is 0.753. The fraction of sp³-hybridized carbons (Fsp3) is 0.526. The maximum Gasteiger partial charge on any atom is 0.238 e. The highest BCUT2D eigenvalue weighted by molar-refractivity contribution is 5.93. The maximum atomic E-state index is 12.4. The Morgan fingerprint density at radius 2 is 2.00 bits per heavy atom. The fourth-order valence-electron chi connectivity index (χ4n) is 3.21. The molecule has 1 heterocycles. The van der Waals surface area contributed by atoms with Gasteiger partial charge in [0, 0.05) is 18.8 Å². The Kier molecular flexibility index (Phi) is 7.15. The highest BCUT2D eigenvalue weighted by Crippen LogP contribution is 2.17. The van der Waals surface area contributed by atoms with Gasteiger partial charge in [0.1, 0.15) is 0 Å². The number of carbonyl (C=O) groups is 3. The van der Waals surface area contributed by atoms with Gasteiger partial charge in [0.25, 0.3) is 0 Å². The monoisotopic (exact) mass is 360 g/mol. The minimum absolute atomic E-state index is 0.0831. The molecule has 0 spiro atoms. The molecule has 1 saturated heterocycles. The minimum atomic E-state index is -0.357. The zero-order valence-electron chi connectivity index (χ0n) is 15.5. The molecule has 0 aliphatic carbocycles. The van der Waals surface area contributed by atoms with E-state index in [-0.39, 0.29) is 36.7 Å². The van der Waals surface area contributed by atoms with Crippen LogP contribution < -0.4 is 11.1 Å². The van der Waals surface area contributed by atoms with E-state index in [9.17, 15) is 14.4 Å². The van der Waals surface area contributed by atoms with Crippen LogP contribution in [0.2, 0.25) is 0 Å². The smallest absolute Gasteiger partial charge is 0.238 e. The SMILES string of the molecule is CCc1ccccc1NC(=O)CN(C)CC(=O)N1CCCC(C(N)=O)C1. The van der Waals surface area contributed by atoms with Crippen molar-refractivity contribution in [2.75, 3.05) is 38.5 Å². The molecule has 0 saturated carbocycles. The zero-order valence-corrected chi connectivity index (χ0v) is 15.5. The molecule has 1 fully saturated rings. The molecule has 0 aromatic heterocycles. The van der Waals surface area contributed by atoms with E-state index in [0.29, 0.717) is 13.1 Å². The summed E-state index contributed by atoms with van der Waals surface area (Å²) in [6.07, 6.45) is 2.34. The molecule has 2 rings (SSSR count). The summed E-state index contributed by atoms with van der Waals surface area (Å²) in [7, 11) is 1.73. The number of nitrogens with two attached hydrogens (primary N) is 1. The Hall–Kier alpha value is -2.41. The van der Waals surface area contributed by atoms with Crippen molar-refractivity contribution >= 4 is 23.4 Å². The van der Waals surface area contributed by atoms with Crippen LogP contribution in [0.4, 0.5) is 5.69 Å². The van der Waals surface area contributed by atoms with E-state index in [1.807, 2.05) is 31.2 Å². The van der Waals surface area contributed by atoms with Gasteiger partial charge in [-0.25, -0.2) is 0 Å². The number of likely N-dealkylation sites (N-methyl/N-ethyl adjacent to an activating group) is 1. The molecular formula is C19H28N4O3. The number of benzene rings is 1. The van der Waals surface area contributed by atoms with Crippen LogP contribution in [0, 0.1) is 5.92 Å². The number of nitrogens with one attached hydrogen (secondary N) is 1. The minimum Gasteiger partial charge on any atom is -0.369 e. The van der Waals surface area contributed by atoms with Crippen molar-refractivity contribution in [1.29, 1.82) is 0 Å². The van der Waals surface area contributed by atoms with Crippen LogP contribution in [0.5, 0.6) is 0 Å². The lowest BCUT2D eigenvalue weighted by Gasteiger charge is -2.32. The first kappa shape index (κ1) is 19.9. The second-order valence-electron chi connectivity index (χ2n) is 6.81. The van der Waals surface area contributed by atoms with Crippen molar-refractivity contribution in [3.05, 3.63) is 29.8 Å². The van der Waals surface area contributed by atoms with Crippen molar-refractivity contribution in [1.82, 2.24) is 9.80 Å². The molecule has 26 heavy (non-hydrogen) atoms. The molecule has 1 aromatic rings. The number of anilines is 1. The first-order valence-electron chi connectivity index (χ1n) is 9.04. The van der Waals surface area contributed by atoms with E-state index in [2.05, 4.69) is 5.32 Å². The van der Waals surface area contributed by atoms with Gasteiger partial charge in [0.2, 0.25) is 17.7 Å². The van der Waals surface area contributed by atoms with Gasteiger partial charge in [-0.2, -0.15) is 0 Å². The van der Waals surface area contributed by atoms with Gasteiger partial charge in [-0.3, -0.25) is 19.3 Å². The number of para-hydroxylation sites is 1. The molecule has 3 amide bonds. The molecule has 3 N–H and O–H groups in total. The van der Waals surface area contributed by atoms with Gasteiger partial charge in [-0.15, -0.1) is 0 Å². The number of nitrogens with zero attached hydrogens (tertiary/aromatic N) is 2. The Balaban J connectivity index is 1.83. The Morgan fingerprint density at radius 1 is 1.27 bits per heavy atom. The molecule has 0 bridgehead atoms. The molecule has 7 heteroatoms. The highest BCUT2D eigenvalue weighted by Gasteiger charge is 2.27. The third-order valence-corrected chi connectivity index (χ3v) is 4.67. The van der Waals surface area contributed by atoms with Gasteiger partial charge in [0.15, 0.2) is 0 Å². The second kappa shape index (κ2) is 9.33. The first-order chi connectivity index (χ1) is 12.4. The molecule has 1 aliphatic heterocycles. The van der Waals surface area contributed by atoms with Gasteiger partial charge >= 0.3 is 0 Å². The number of carbonyl (C=O) groups excluding carboxylic acids is 3. The number of primary amides is 1. The zero-order chi connectivity index (χ0) is 19.1. The molecule has 1 aliphatic rings. The van der Waals surface area contributed by atoms with Crippen molar-refractivity contribution in [3.8, 4) is 0 Å². The Morgan fingerprint density at radius 3 is 2.69 bits per heavy atom. The first-order valence-corrected chi connectivity index (χ1v) is 9.04. The number of aryl methyl sites for hydroxylation is 1. The molecule has 1 atom stereocenters. The Bertz CT molecular complexity index is 662. The summed E-state index contributed by atoms with van der Waals surface area (Å²) in [6, 6.07) is 7.68. The summed E-state index contributed by atoms with van der Waals surface area (Å²) >= 11 is 0. The van der Waals surface area contributed by atoms with E-state index in [0.717, 1.165) is 30.5 Å². The van der Waals surface area contributed by atoms with Crippen LogP contribution in [0.15, 0.2) is 24.3 Å².